The highest BCUT2D eigenvalue weighted by atomic mass is 32.2. The molecule has 1 N–H and O–H groups in total. The lowest BCUT2D eigenvalue weighted by molar-refractivity contribution is 0.573. The van der Waals surface area contributed by atoms with Crippen LogP contribution in [0.1, 0.15) is 30.5 Å². The molecule has 4 nitrogen and oxygen atoms in total. The van der Waals surface area contributed by atoms with E-state index in [1.165, 1.54) is 0 Å². The molecule has 2 aromatic heterocycles. The van der Waals surface area contributed by atoms with Gasteiger partial charge in [0.2, 0.25) is 0 Å². The van der Waals surface area contributed by atoms with E-state index < -0.39 is 15.5 Å². The highest BCUT2D eigenvalue weighted by Gasteiger charge is 2.44. The minimum Gasteiger partial charge on any atom is -0.381 e. The number of pyridine rings is 1. The maximum absolute atomic E-state index is 12.8. The average molecular weight is 321 g/mol. The number of nitrogens with one attached hydrogen (secondary N) is 1. The van der Waals surface area contributed by atoms with E-state index in [0.717, 1.165) is 36.2 Å². The van der Waals surface area contributed by atoms with E-state index in [4.69, 9.17) is 12.2 Å². The first-order valence-corrected chi connectivity index (χ1v) is 8.87. The average Bonchev–Trinajstić information content (AvgIpc) is 2.86. The first-order valence-electron chi connectivity index (χ1n) is 7.14. The topological polar surface area (TPSA) is 46.4 Å². The van der Waals surface area contributed by atoms with Crippen molar-refractivity contribution in [2.75, 3.05) is 12.8 Å². The zero-order chi connectivity index (χ0) is 15.0. The first-order chi connectivity index (χ1) is 10.1. The monoisotopic (exact) mass is 321 g/mol. The van der Waals surface area contributed by atoms with E-state index in [1.54, 1.807) is 0 Å². The van der Waals surface area contributed by atoms with Crippen LogP contribution in [0.5, 0.6) is 0 Å². The van der Waals surface area contributed by atoms with Crippen molar-refractivity contribution in [1.29, 1.82) is 0 Å². The molecule has 1 aliphatic rings. The molecule has 0 spiro atoms. The van der Waals surface area contributed by atoms with Gasteiger partial charge < -0.3 is 9.72 Å². The van der Waals surface area contributed by atoms with Crippen LogP contribution >= 0.6 is 12.2 Å². The van der Waals surface area contributed by atoms with Gasteiger partial charge in [0.1, 0.15) is 10.4 Å². The van der Waals surface area contributed by atoms with Crippen molar-refractivity contribution in [3.05, 3.63) is 35.8 Å². The lowest BCUT2D eigenvalue weighted by atomic mass is 9.92. The van der Waals surface area contributed by atoms with Crippen molar-refractivity contribution >= 4 is 33.7 Å². The van der Waals surface area contributed by atoms with Crippen LogP contribution in [0.2, 0.25) is 0 Å². The fourth-order valence-corrected chi connectivity index (χ4v) is 5.46. The Balaban J connectivity index is 2.17. The summed E-state index contributed by atoms with van der Waals surface area (Å²) in [4.78, 5) is 5.12. The number of fused-ring (bicyclic) bond motifs is 1. The number of aromatic nitrogens is 2. The molecule has 112 valence electrons. The first kappa shape index (κ1) is 14.7. The molecule has 0 amide bonds. The van der Waals surface area contributed by atoms with Gasteiger partial charge in [-0.2, -0.15) is 0 Å². The number of imidazole rings is 1. The molecule has 1 fully saturated rings. The molecule has 2 aromatic rings. The van der Waals surface area contributed by atoms with Crippen LogP contribution in [0.3, 0.4) is 0 Å². The van der Waals surface area contributed by atoms with E-state index in [1.807, 2.05) is 42.9 Å². The molecule has 6 heteroatoms. The molecule has 0 radical (unpaired) electrons. The number of hydrogen-bond donors (Lipinski definition) is 1. The van der Waals surface area contributed by atoms with Crippen molar-refractivity contribution < 1.29 is 4.21 Å². The van der Waals surface area contributed by atoms with Gasteiger partial charge in [0.05, 0.1) is 10.7 Å². The smallest absolute Gasteiger partial charge is 0.136 e. The second-order valence-corrected chi connectivity index (χ2v) is 7.68. The van der Waals surface area contributed by atoms with Crippen LogP contribution in [0, 0.1) is 6.92 Å². The van der Waals surface area contributed by atoms with Crippen LogP contribution in [0.25, 0.3) is 5.65 Å². The summed E-state index contributed by atoms with van der Waals surface area (Å²) in [6.45, 7) is 1.97. The fourth-order valence-electron chi connectivity index (χ4n) is 3.08. The highest BCUT2D eigenvalue weighted by molar-refractivity contribution is 7.90. The maximum atomic E-state index is 12.8. The van der Waals surface area contributed by atoms with Crippen molar-refractivity contribution in [1.82, 2.24) is 14.7 Å². The number of aryl methyl sites for hydroxylation is 1. The minimum atomic E-state index is -0.991. The molecule has 0 saturated carbocycles. The molecule has 3 heterocycles. The number of hydrogen-bond acceptors (Lipinski definition) is 3. The van der Waals surface area contributed by atoms with Crippen LogP contribution in [0.4, 0.5) is 0 Å². The fraction of sp³-hybridized carbons (Fsp3) is 0.467. The Morgan fingerprint density at radius 3 is 2.95 bits per heavy atom. The van der Waals surface area contributed by atoms with Crippen molar-refractivity contribution in [2.24, 2.45) is 0 Å². The number of likely N-dealkylation sites (N-methyl/N-ethyl adjacent to an activating group) is 1. The SMILES string of the molecule is CNC(=S)C1(c2ccc3nc(C)cn3c2)CCCCS1=O. The lowest BCUT2D eigenvalue weighted by Crippen LogP contribution is -2.48. The normalized spacial score (nSPS) is 25.9. The molecule has 3 rings (SSSR count). The lowest BCUT2D eigenvalue weighted by Gasteiger charge is -2.37. The van der Waals surface area contributed by atoms with Gasteiger partial charge in [-0.3, -0.25) is 4.21 Å². The van der Waals surface area contributed by atoms with Crippen LogP contribution in [-0.4, -0.2) is 31.4 Å². The largest absolute Gasteiger partial charge is 0.381 e. The molecule has 1 aliphatic heterocycles. The van der Waals surface area contributed by atoms with E-state index >= 15 is 0 Å². The van der Waals surface area contributed by atoms with E-state index in [2.05, 4.69) is 10.3 Å². The summed E-state index contributed by atoms with van der Waals surface area (Å²) < 4.78 is 14.3. The Labute approximate surface area is 132 Å². The van der Waals surface area contributed by atoms with Crippen molar-refractivity contribution in [3.8, 4) is 0 Å². The summed E-state index contributed by atoms with van der Waals surface area (Å²) in [6.07, 6.45) is 6.91. The summed E-state index contributed by atoms with van der Waals surface area (Å²) in [5.41, 5.74) is 2.90. The zero-order valence-electron chi connectivity index (χ0n) is 12.3. The summed E-state index contributed by atoms with van der Waals surface area (Å²) in [5, 5.41) is 3.07. The number of rotatable bonds is 2. The summed E-state index contributed by atoms with van der Waals surface area (Å²) >= 11 is 5.55. The Morgan fingerprint density at radius 1 is 1.43 bits per heavy atom. The van der Waals surface area contributed by atoms with Gasteiger partial charge in [-0.1, -0.05) is 24.7 Å². The Morgan fingerprint density at radius 2 is 2.24 bits per heavy atom. The quantitative estimate of drug-likeness (QED) is 0.862. The number of nitrogens with zero attached hydrogens (tertiary/aromatic N) is 2. The molecule has 0 aromatic carbocycles. The van der Waals surface area contributed by atoms with E-state index in [-0.39, 0.29) is 0 Å². The molecular weight excluding hydrogens is 302 g/mol. The predicted octanol–water partition coefficient (Wildman–Crippen LogP) is 2.32. The van der Waals surface area contributed by atoms with Gasteiger partial charge in [0, 0.05) is 36.0 Å². The minimum absolute atomic E-state index is 0.561. The van der Waals surface area contributed by atoms with E-state index in [0.29, 0.717) is 10.7 Å². The van der Waals surface area contributed by atoms with Gasteiger partial charge in [-0.05, 0) is 31.4 Å². The molecule has 2 unspecified atom stereocenters. The third kappa shape index (κ3) is 2.30. The Kier molecular flexibility index (Phi) is 3.84. The standard InChI is InChI=1S/C15H19N3OS2/c1-11-9-18-10-12(5-6-13(18)17-11)15(14(20)16-2)7-3-4-8-21(15)19/h5-6,9-10H,3-4,7-8H2,1-2H3,(H,16,20). The summed E-state index contributed by atoms with van der Waals surface area (Å²) in [5.74, 6) is 0.711. The summed E-state index contributed by atoms with van der Waals surface area (Å²) in [6, 6.07) is 4.00. The van der Waals surface area contributed by atoms with Gasteiger partial charge >= 0.3 is 0 Å². The maximum Gasteiger partial charge on any atom is 0.136 e. The second kappa shape index (κ2) is 5.50. The third-order valence-electron chi connectivity index (χ3n) is 4.13. The zero-order valence-corrected chi connectivity index (χ0v) is 13.9. The van der Waals surface area contributed by atoms with Crippen LogP contribution in [0.15, 0.2) is 24.5 Å². The molecule has 0 bridgehead atoms. The Bertz CT molecular complexity index is 715. The van der Waals surface area contributed by atoms with Crippen molar-refractivity contribution in [2.45, 2.75) is 30.9 Å². The van der Waals surface area contributed by atoms with Gasteiger partial charge in [-0.25, -0.2) is 4.98 Å². The molecule has 2 atom stereocenters. The highest BCUT2D eigenvalue weighted by Crippen LogP contribution is 2.39. The molecular formula is C15H19N3OS2. The van der Waals surface area contributed by atoms with Gasteiger partial charge in [0.15, 0.2) is 0 Å². The van der Waals surface area contributed by atoms with Gasteiger partial charge in [-0.15, -0.1) is 0 Å². The molecule has 0 aliphatic carbocycles. The van der Waals surface area contributed by atoms with Crippen molar-refractivity contribution in [3.63, 3.8) is 0 Å². The summed E-state index contributed by atoms with van der Waals surface area (Å²) in [7, 11) is 0.824. The van der Waals surface area contributed by atoms with Gasteiger partial charge in [0.25, 0.3) is 0 Å². The predicted molar refractivity (Wildman–Crippen MR) is 90.1 cm³/mol. The Hall–Kier alpha value is -1.27. The van der Waals surface area contributed by atoms with Crippen LogP contribution < -0.4 is 5.32 Å². The van der Waals surface area contributed by atoms with Crippen LogP contribution in [-0.2, 0) is 15.5 Å². The second-order valence-electron chi connectivity index (χ2n) is 5.48. The number of thiocarbonyl (C=S) groups is 1. The molecule has 21 heavy (non-hydrogen) atoms. The molecule has 1 saturated heterocycles. The van der Waals surface area contributed by atoms with E-state index in [9.17, 15) is 4.21 Å². The third-order valence-corrected chi connectivity index (χ3v) is 6.89.